The van der Waals surface area contributed by atoms with E-state index in [9.17, 15) is 31.1 Å². The Hall–Kier alpha value is -2.06. The normalized spacial score (nSPS) is 19.7. The first-order valence-electron chi connectivity index (χ1n) is 5.59. The fourth-order valence-corrected chi connectivity index (χ4v) is 1.83. The number of rotatable bonds is 2. The Bertz CT molecular complexity index is 549. The maximum Gasteiger partial charge on any atom is 0.403 e. The molecule has 0 spiro atoms. The number of carbonyl (C=O) groups is 1. The van der Waals surface area contributed by atoms with Crippen molar-refractivity contribution in [1.82, 2.24) is 0 Å². The van der Waals surface area contributed by atoms with Gasteiger partial charge in [0.2, 0.25) is 5.90 Å². The molecule has 0 bridgehead atoms. The number of hydrogen-bond acceptors (Lipinski definition) is 3. The van der Waals surface area contributed by atoms with Crippen molar-refractivity contribution in [2.45, 2.75) is 18.4 Å². The molecule has 1 atom stereocenters. The molecule has 21 heavy (non-hydrogen) atoms. The zero-order valence-corrected chi connectivity index (χ0v) is 10.1. The average molecular weight is 311 g/mol. The number of nitrogens with zero attached hydrogens (tertiary/aromatic N) is 1. The molecule has 1 aromatic carbocycles. The van der Waals surface area contributed by atoms with Crippen LogP contribution in [0.4, 0.5) is 26.3 Å². The van der Waals surface area contributed by atoms with Gasteiger partial charge in [-0.2, -0.15) is 26.3 Å². The van der Waals surface area contributed by atoms with Crippen LogP contribution in [-0.2, 0) is 9.53 Å². The molecular weight excluding hydrogens is 304 g/mol. The molecule has 0 radical (unpaired) electrons. The van der Waals surface area contributed by atoms with E-state index in [2.05, 4.69) is 9.73 Å². The quantitative estimate of drug-likeness (QED) is 0.622. The second kappa shape index (κ2) is 5.05. The molecule has 114 valence electrons. The minimum Gasteiger partial charge on any atom is -0.406 e. The number of benzene rings is 1. The largest absolute Gasteiger partial charge is 0.406 e. The Kier molecular flexibility index (Phi) is 3.68. The summed E-state index contributed by atoms with van der Waals surface area (Å²) in [5.41, 5.74) is 0.122. The van der Waals surface area contributed by atoms with E-state index in [1.807, 2.05) is 0 Å². The van der Waals surface area contributed by atoms with Crippen molar-refractivity contribution < 1.29 is 35.9 Å². The highest BCUT2D eigenvalue weighted by Gasteiger charge is 2.64. The zero-order chi connectivity index (χ0) is 15.8. The number of alkyl halides is 6. The third-order valence-electron chi connectivity index (χ3n) is 2.74. The van der Waals surface area contributed by atoms with Crippen molar-refractivity contribution >= 4 is 11.9 Å². The van der Waals surface area contributed by atoms with Gasteiger partial charge in [-0.25, -0.2) is 9.79 Å². The molecule has 0 aliphatic carbocycles. The molecule has 1 aliphatic heterocycles. The molecule has 1 heterocycles. The fraction of sp³-hybridized carbons (Fsp3) is 0.333. The van der Waals surface area contributed by atoms with Crippen LogP contribution in [0, 0.1) is 5.92 Å². The monoisotopic (exact) mass is 311 g/mol. The van der Waals surface area contributed by atoms with Gasteiger partial charge in [-0.3, -0.25) is 0 Å². The van der Waals surface area contributed by atoms with Gasteiger partial charge in [0.25, 0.3) is 0 Å². The van der Waals surface area contributed by atoms with E-state index in [1.54, 1.807) is 6.07 Å². The first-order chi connectivity index (χ1) is 9.60. The van der Waals surface area contributed by atoms with Gasteiger partial charge in [-0.1, -0.05) is 18.2 Å². The average Bonchev–Trinajstić information content (AvgIpc) is 2.69. The van der Waals surface area contributed by atoms with Crippen LogP contribution in [-0.4, -0.2) is 30.3 Å². The molecule has 0 fully saturated rings. The number of esters is 1. The van der Waals surface area contributed by atoms with Crippen molar-refractivity contribution in [2.24, 2.45) is 10.9 Å². The third kappa shape index (κ3) is 3.17. The maximum atomic E-state index is 12.6. The third-order valence-corrected chi connectivity index (χ3v) is 2.74. The molecule has 9 heteroatoms. The minimum absolute atomic E-state index is 0.122. The standard InChI is InChI=1S/C12H7F6NO2/c13-11(14,15)8(12(16,17)18)7-10(20)21-9(19-7)6-4-2-1-3-5-6/h1-5,7-8H. The van der Waals surface area contributed by atoms with E-state index in [-0.39, 0.29) is 5.56 Å². The molecule has 0 saturated carbocycles. The summed E-state index contributed by atoms with van der Waals surface area (Å²) in [4.78, 5) is 14.5. The molecule has 3 nitrogen and oxygen atoms in total. The predicted octanol–water partition coefficient (Wildman–Crippen LogP) is 3.10. The molecule has 1 unspecified atom stereocenters. The number of aliphatic imine (C=N–C) groups is 1. The van der Waals surface area contributed by atoms with Crippen LogP contribution < -0.4 is 0 Å². The lowest BCUT2D eigenvalue weighted by molar-refractivity contribution is -0.287. The molecule has 2 rings (SSSR count). The second-order valence-corrected chi connectivity index (χ2v) is 4.23. The predicted molar refractivity (Wildman–Crippen MR) is 58.5 cm³/mol. The smallest absolute Gasteiger partial charge is 0.403 e. The maximum absolute atomic E-state index is 12.6. The van der Waals surface area contributed by atoms with Crippen molar-refractivity contribution in [2.75, 3.05) is 0 Å². The number of halogens is 6. The number of ether oxygens (including phenoxy) is 1. The molecule has 1 aliphatic rings. The molecule has 1 aromatic rings. The van der Waals surface area contributed by atoms with Gasteiger partial charge in [-0.05, 0) is 12.1 Å². The molecule has 0 amide bonds. The number of hydrogen-bond donors (Lipinski definition) is 0. The van der Waals surface area contributed by atoms with Crippen LogP contribution in [0.2, 0.25) is 0 Å². The van der Waals surface area contributed by atoms with E-state index in [1.165, 1.54) is 24.3 Å². The summed E-state index contributed by atoms with van der Waals surface area (Å²) < 4.78 is 79.9. The van der Waals surface area contributed by atoms with Gasteiger partial charge in [0, 0.05) is 5.56 Å². The summed E-state index contributed by atoms with van der Waals surface area (Å²) in [7, 11) is 0. The lowest BCUT2D eigenvalue weighted by Gasteiger charge is -2.24. The number of carbonyl (C=O) groups excluding carboxylic acids is 1. The van der Waals surface area contributed by atoms with Crippen molar-refractivity contribution in [3.63, 3.8) is 0 Å². The Balaban J connectivity index is 2.39. The molecular formula is C12H7F6NO2. The van der Waals surface area contributed by atoms with Crippen LogP contribution in [0.3, 0.4) is 0 Å². The highest BCUT2D eigenvalue weighted by Crippen LogP contribution is 2.43. The minimum atomic E-state index is -5.66. The Morgan fingerprint density at radius 3 is 2.00 bits per heavy atom. The van der Waals surface area contributed by atoms with Gasteiger partial charge in [0.15, 0.2) is 12.0 Å². The van der Waals surface area contributed by atoms with Crippen LogP contribution in [0.5, 0.6) is 0 Å². The topological polar surface area (TPSA) is 38.7 Å². The van der Waals surface area contributed by atoms with Crippen LogP contribution in [0.1, 0.15) is 5.56 Å². The summed E-state index contributed by atoms with van der Waals surface area (Å²) in [6.07, 6.45) is -11.3. The van der Waals surface area contributed by atoms with Gasteiger partial charge in [-0.15, -0.1) is 0 Å². The summed E-state index contributed by atoms with van der Waals surface area (Å²) in [6.45, 7) is 0. The zero-order valence-electron chi connectivity index (χ0n) is 10.1. The summed E-state index contributed by atoms with van der Waals surface area (Å²) in [5.74, 6) is -6.11. The lowest BCUT2D eigenvalue weighted by Crippen LogP contribution is -2.46. The van der Waals surface area contributed by atoms with E-state index in [4.69, 9.17) is 0 Å². The number of cyclic esters (lactones) is 1. The Morgan fingerprint density at radius 1 is 1.00 bits per heavy atom. The van der Waals surface area contributed by atoms with Crippen LogP contribution in [0.15, 0.2) is 35.3 Å². The molecule has 0 N–H and O–H groups in total. The second-order valence-electron chi connectivity index (χ2n) is 4.23. The molecule has 0 aromatic heterocycles. The van der Waals surface area contributed by atoms with Gasteiger partial charge < -0.3 is 4.74 Å². The Labute approximate surface area is 114 Å². The first-order valence-corrected chi connectivity index (χ1v) is 5.59. The SMILES string of the molecule is O=C1OC(c2ccccc2)=NC1C(C(F)(F)F)C(F)(F)F. The first kappa shape index (κ1) is 15.3. The highest BCUT2D eigenvalue weighted by atomic mass is 19.4. The van der Waals surface area contributed by atoms with E-state index in [0.29, 0.717) is 0 Å². The van der Waals surface area contributed by atoms with Gasteiger partial charge in [0.1, 0.15) is 0 Å². The van der Waals surface area contributed by atoms with E-state index in [0.717, 1.165) is 0 Å². The Morgan fingerprint density at radius 2 is 1.52 bits per heavy atom. The van der Waals surface area contributed by atoms with E-state index >= 15 is 0 Å². The fourth-order valence-electron chi connectivity index (χ4n) is 1.83. The summed E-state index contributed by atoms with van der Waals surface area (Å²) in [5, 5.41) is 0. The van der Waals surface area contributed by atoms with Crippen LogP contribution >= 0.6 is 0 Å². The van der Waals surface area contributed by atoms with Crippen molar-refractivity contribution in [3.8, 4) is 0 Å². The summed E-state index contributed by atoms with van der Waals surface area (Å²) in [6, 6.07) is 4.55. The van der Waals surface area contributed by atoms with Crippen molar-refractivity contribution in [1.29, 1.82) is 0 Å². The van der Waals surface area contributed by atoms with Crippen molar-refractivity contribution in [3.05, 3.63) is 35.9 Å². The van der Waals surface area contributed by atoms with Crippen LogP contribution in [0.25, 0.3) is 0 Å². The van der Waals surface area contributed by atoms with Gasteiger partial charge in [0.05, 0.1) is 0 Å². The van der Waals surface area contributed by atoms with E-state index < -0.39 is 36.2 Å². The summed E-state index contributed by atoms with van der Waals surface area (Å²) >= 11 is 0. The lowest BCUT2D eigenvalue weighted by atomic mass is 9.99. The van der Waals surface area contributed by atoms with Gasteiger partial charge >= 0.3 is 18.3 Å². The highest BCUT2D eigenvalue weighted by molar-refractivity contribution is 6.06. The molecule has 0 saturated heterocycles.